The first-order valence-corrected chi connectivity index (χ1v) is 10.4. The van der Waals surface area contributed by atoms with Crippen LogP contribution in [0, 0.1) is 17.5 Å². The van der Waals surface area contributed by atoms with Crippen molar-refractivity contribution in [1.29, 1.82) is 0 Å². The molecule has 0 saturated carbocycles. The maximum Gasteiger partial charge on any atom is 0.262 e. The molecule has 1 atom stereocenters. The number of halogens is 3. The van der Waals surface area contributed by atoms with Crippen molar-refractivity contribution in [2.45, 2.75) is 23.9 Å². The zero-order valence-electron chi connectivity index (χ0n) is 16.6. The third kappa shape index (κ3) is 4.26. The Hall–Kier alpha value is -3.53. The number of amides is 1. The van der Waals surface area contributed by atoms with Crippen LogP contribution in [0.25, 0.3) is 10.9 Å². The number of hydrogen-bond acceptors (Lipinski definition) is 5. The van der Waals surface area contributed by atoms with Gasteiger partial charge >= 0.3 is 0 Å². The predicted molar refractivity (Wildman–Crippen MR) is 114 cm³/mol. The Morgan fingerprint density at radius 3 is 2.66 bits per heavy atom. The minimum Gasteiger partial charge on any atom is -0.467 e. The van der Waals surface area contributed by atoms with Crippen molar-refractivity contribution in [3.63, 3.8) is 0 Å². The summed E-state index contributed by atoms with van der Waals surface area (Å²) in [6, 6.07) is 11.8. The summed E-state index contributed by atoms with van der Waals surface area (Å²) in [5.41, 5.74) is -0.343. The van der Waals surface area contributed by atoms with Gasteiger partial charge in [-0.25, -0.2) is 18.2 Å². The standard InChI is InChI=1S/C22H16F3N3O3S/c1-12(20(29)26-17-9-8-15(23)18(24)19(17)25)32-22-27-16-7-3-2-6-14(16)21(30)28(22)11-13-5-4-10-31-13/h2-10,12H,11H2,1H3,(H,26,29). The van der Waals surface area contributed by atoms with Crippen LogP contribution in [-0.2, 0) is 11.3 Å². The van der Waals surface area contributed by atoms with E-state index in [0.29, 0.717) is 16.7 Å². The number of para-hydroxylation sites is 1. The molecular formula is C22H16F3N3O3S. The van der Waals surface area contributed by atoms with E-state index in [1.54, 1.807) is 36.4 Å². The number of fused-ring (bicyclic) bond motifs is 1. The van der Waals surface area contributed by atoms with E-state index in [1.165, 1.54) is 17.8 Å². The lowest BCUT2D eigenvalue weighted by Gasteiger charge is -2.16. The Morgan fingerprint density at radius 1 is 1.12 bits per heavy atom. The maximum absolute atomic E-state index is 13.9. The first kappa shape index (κ1) is 21.7. The molecule has 32 heavy (non-hydrogen) atoms. The third-order valence-corrected chi connectivity index (χ3v) is 5.76. The normalized spacial score (nSPS) is 12.1. The molecule has 0 saturated heterocycles. The fourth-order valence-corrected chi connectivity index (χ4v) is 3.91. The molecule has 4 aromatic rings. The number of carbonyl (C=O) groups is 1. The van der Waals surface area contributed by atoms with Crippen LogP contribution in [0.4, 0.5) is 18.9 Å². The van der Waals surface area contributed by atoms with Crippen LogP contribution in [0.2, 0.25) is 0 Å². The van der Waals surface area contributed by atoms with Crippen molar-refractivity contribution < 1.29 is 22.4 Å². The summed E-state index contributed by atoms with van der Waals surface area (Å²) < 4.78 is 47.2. The van der Waals surface area contributed by atoms with Gasteiger partial charge in [0.2, 0.25) is 5.91 Å². The van der Waals surface area contributed by atoms with Crippen LogP contribution < -0.4 is 10.9 Å². The van der Waals surface area contributed by atoms with E-state index in [9.17, 15) is 22.8 Å². The fourth-order valence-electron chi connectivity index (χ4n) is 3.00. The molecule has 10 heteroatoms. The Morgan fingerprint density at radius 2 is 1.91 bits per heavy atom. The molecule has 0 radical (unpaired) electrons. The monoisotopic (exact) mass is 459 g/mol. The highest BCUT2D eigenvalue weighted by Gasteiger charge is 2.22. The second-order valence-corrected chi connectivity index (χ2v) is 8.16. The molecule has 2 aromatic carbocycles. The van der Waals surface area contributed by atoms with Crippen LogP contribution in [0.1, 0.15) is 12.7 Å². The van der Waals surface area contributed by atoms with E-state index in [4.69, 9.17) is 4.42 Å². The number of carbonyl (C=O) groups excluding carboxylic acids is 1. The summed E-state index contributed by atoms with van der Waals surface area (Å²) in [7, 11) is 0. The molecule has 0 aliphatic carbocycles. The van der Waals surface area contributed by atoms with Gasteiger partial charge in [-0.15, -0.1) is 0 Å². The smallest absolute Gasteiger partial charge is 0.262 e. The van der Waals surface area contributed by atoms with Crippen molar-refractivity contribution >= 4 is 34.3 Å². The van der Waals surface area contributed by atoms with Crippen molar-refractivity contribution in [2.75, 3.05) is 5.32 Å². The van der Waals surface area contributed by atoms with Gasteiger partial charge in [0.1, 0.15) is 5.76 Å². The molecule has 164 valence electrons. The summed E-state index contributed by atoms with van der Waals surface area (Å²) in [6.45, 7) is 1.62. The molecule has 0 fully saturated rings. The SMILES string of the molecule is CC(Sc1nc2ccccc2c(=O)n1Cc1ccco1)C(=O)Nc1ccc(F)c(F)c1F. The van der Waals surface area contributed by atoms with Gasteiger partial charge in [0.05, 0.1) is 34.6 Å². The van der Waals surface area contributed by atoms with Gasteiger partial charge in [0.25, 0.3) is 5.56 Å². The van der Waals surface area contributed by atoms with Crippen molar-refractivity contribution in [1.82, 2.24) is 9.55 Å². The highest BCUT2D eigenvalue weighted by atomic mass is 32.2. The lowest BCUT2D eigenvalue weighted by atomic mass is 10.2. The molecular weight excluding hydrogens is 443 g/mol. The summed E-state index contributed by atoms with van der Waals surface area (Å²) in [4.78, 5) is 30.2. The van der Waals surface area contributed by atoms with Gasteiger partial charge in [-0.1, -0.05) is 23.9 Å². The molecule has 0 spiro atoms. The largest absolute Gasteiger partial charge is 0.467 e. The highest BCUT2D eigenvalue weighted by molar-refractivity contribution is 8.00. The number of nitrogens with zero attached hydrogens (tertiary/aromatic N) is 2. The lowest BCUT2D eigenvalue weighted by Crippen LogP contribution is -2.27. The fraction of sp³-hybridized carbons (Fsp3) is 0.136. The second-order valence-electron chi connectivity index (χ2n) is 6.85. The van der Waals surface area contributed by atoms with E-state index in [1.807, 2.05) is 0 Å². The quantitative estimate of drug-likeness (QED) is 0.260. The molecule has 1 unspecified atom stereocenters. The van der Waals surface area contributed by atoms with Gasteiger partial charge < -0.3 is 9.73 Å². The van der Waals surface area contributed by atoms with Gasteiger partial charge in [-0.2, -0.15) is 0 Å². The molecule has 0 aliphatic rings. The highest BCUT2D eigenvalue weighted by Crippen LogP contribution is 2.26. The van der Waals surface area contributed by atoms with Crippen molar-refractivity contribution in [3.05, 3.63) is 88.4 Å². The summed E-state index contributed by atoms with van der Waals surface area (Å²) in [5, 5.41) is 2.05. The number of benzene rings is 2. The predicted octanol–water partition coefficient (Wildman–Crippen LogP) is 4.57. The number of nitrogens with one attached hydrogen (secondary N) is 1. The topological polar surface area (TPSA) is 77.1 Å². The van der Waals surface area contributed by atoms with Crippen molar-refractivity contribution in [2.24, 2.45) is 0 Å². The summed E-state index contributed by atoms with van der Waals surface area (Å²) in [6.07, 6.45) is 1.48. The van der Waals surface area contributed by atoms with E-state index in [-0.39, 0.29) is 17.3 Å². The van der Waals surface area contributed by atoms with Crippen LogP contribution in [0.15, 0.2) is 69.2 Å². The lowest BCUT2D eigenvalue weighted by molar-refractivity contribution is -0.115. The molecule has 4 rings (SSSR count). The number of rotatable bonds is 6. The number of aromatic nitrogens is 2. The molecule has 1 N–H and O–H groups in total. The van der Waals surface area contributed by atoms with Crippen molar-refractivity contribution in [3.8, 4) is 0 Å². The number of thioether (sulfide) groups is 1. The van der Waals surface area contributed by atoms with Crippen LogP contribution >= 0.6 is 11.8 Å². The van der Waals surface area contributed by atoms with Gasteiger partial charge in [-0.05, 0) is 43.3 Å². The third-order valence-electron chi connectivity index (χ3n) is 4.67. The Kier molecular flexibility index (Phi) is 6.04. The first-order valence-electron chi connectivity index (χ1n) is 9.48. The van der Waals surface area contributed by atoms with Gasteiger partial charge in [0, 0.05) is 0 Å². The molecule has 1 amide bonds. The van der Waals surface area contributed by atoms with Gasteiger partial charge in [-0.3, -0.25) is 14.2 Å². The zero-order valence-corrected chi connectivity index (χ0v) is 17.5. The summed E-state index contributed by atoms with van der Waals surface area (Å²) >= 11 is 0.969. The molecule has 0 bridgehead atoms. The molecule has 6 nitrogen and oxygen atoms in total. The van der Waals surface area contributed by atoms with Crippen LogP contribution in [0.3, 0.4) is 0 Å². The Balaban J connectivity index is 1.64. The van der Waals surface area contributed by atoms with E-state index >= 15 is 0 Å². The first-order chi connectivity index (χ1) is 15.3. The Bertz CT molecular complexity index is 1360. The van der Waals surface area contributed by atoms with Crippen LogP contribution in [0.5, 0.6) is 0 Å². The van der Waals surface area contributed by atoms with E-state index < -0.39 is 34.3 Å². The Labute approximate surface area is 184 Å². The minimum absolute atomic E-state index is 0.0954. The average Bonchev–Trinajstić information content (AvgIpc) is 3.30. The van der Waals surface area contributed by atoms with E-state index in [0.717, 1.165) is 23.9 Å². The summed E-state index contributed by atoms with van der Waals surface area (Å²) in [5.74, 6) is -4.68. The molecule has 0 aliphatic heterocycles. The molecule has 2 heterocycles. The van der Waals surface area contributed by atoms with Crippen LogP contribution in [-0.4, -0.2) is 20.7 Å². The van der Waals surface area contributed by atoms with Gasteiger partial charge in [0.15, 0.2) is 22.6 Å². The maximum atomic E-state index is 13.9. The second kappa shape index (κ2) is 8.91. The minimum atomic E-state index is -1.67. The zero-order chi connectivity index (χ0) is 22.8. The molecule has 2 aromatic heterocycles. The van der Waals surface area contributed by atoms with E-state index in [2.05, 4.69) is 10.3 Å². The number of hydrogen-bond donors (Lipinski definition) is 1. The number of anilines is 1. The number of furan rings is 1. The average molecular weight is 459 g/mol.